The molecule has 6 nitrogen and oxygen atoms in total. The number of amides is 1. The molecule has 1 saturated heterocycles. The lowest BCUT2D eigenvalue weighted by molar-refractivity contribution is -0.126. The van der Waals surface area contributed by atoms with Crippen LogP contribution >= 0.6 is 34.8 Å². The van der Waals surface area contributed by atoms with Crippen LogP contribution in [0.3, 0.4) is 0 Å². The van der Waals surface area contributed by atoms with E-state index in [0.717, 1.165) is 19.1 Å². The van der Waals surface area contributed by atoms with E-state index in [-0.39, 0.29) is 16.5 Å². The Morgan fingerprint density at radius 3 is 2.16 bits per heavy atom. The number of carbonyl (C=O) groups excluding carboxylic acids is 1. The molecule has 0 bridgehead atoms. The lowest BCUT2D eigenvalue weighted by Crippen LogP contribution is -2.32. The minimum absolute atomic E-state index is 0.0184. The quantitative estimate of drug-likeness (QED) is 0.275. The number of hydrogen-bond acceptors (Lipinski definition) is 5. The third-order valence-electron chi connectivity index (χ3n) is 5.94. The zero-order valence-corrected chi connectivity index (χ0v) is 23.0. The van der Waals surface area contributed by atoms with Gasteiger partial charge in [0, 0.05) is 24.9 Å². The summed E-state index contributed by atoms with van der Waals surface area (Å²) < 4.78 is 24.0. The van der Waals surface area contributed by atoms with Gasteiger partial charge in [0.1, 0.15) is 5.69 Å². The second-order valence-corrected chi connectivity index (χ2v) is 11.9. The molecule has 37 heavy (non-hydrogen) atoms. The molecule has 1 fully saturated rings. The van der Waals surface area contributed by atoms with E-state index in [4.69, 9.17) is 40.5 Å². The Labute approximate surface area is 231 Å². The third-order valence-corrected chi connectivity index (χ3v) is 7.98. The molecule has 3 aromatic rings. The van der Waals surface area contributed by atoms with Crippen LogP contribution in [0.15, 0.2) is 82.3 Å². The van der Waals surface area contributed by atoms with Crippen LogP contribution in [0.1, 0.15) is 18.4 Å². The molecule has 0 radical (unpaired) electrons. The maximum atomic E-state index is 12.9. The summed E-state index contributed by atoms with van der Waals surface area (Å²) in [6.45, 7) is 1.30. The Bertz CT molecular complexity index is 1510. The molecule has 4 rings (SSSR count). The van der Waals surface area contributed by atoms with Crippen molar-refractivity contribution in [2.45, 2.75) is 17.7 Å². The SMILES string of the molecule is CS(=O)(=O)c1cccc(-c2ccc(C(/C=C(\N)C(=O)N3CCCC3)=Nc3c(Cl)cccc3Cl)c(Cl)c2)c1. The van der Waals surface area contributed by atoms with Crippen molar-refractivity contribution in [2.24, 2.45) is 10.7 Å². The van der Waals surface area contributed by atoms with Gasteiger partial charge in [-0.3, -0.25) is 4.79 Å². The second kappa shape index (κ2) is 11.3. The van der Waals surface area contributed by atoms with Gasteiger partial charge in [-0.1, -0.05) is 65.1 Å². The number of benzene rings is 3. The fraction of sp³-hybridized carbons (Fsp3) is 0.185. The Balaban J connectivity index is 1.80. The van der Waals surface area contributed by atoms with Crippen molar-refractivity contribution in [3.63, 3.8) is 0 Å². The number of sulfone groups is 1. The van der Waals surface area contributed by atoms with Crippen molar-refractivity contribution in [1.82, 2.24) is 4.90 Å². The van der Waals surface area contributed by atoms with Crippen LogP contribution in [-0.2, 0) is 14.6 Å². The molecule has 0 saturated carbocycles. The van der Waals surface area contributed by atoms with Crippen molar-refractivity contribution in [2.75, 3.05) is 19.3 Å². The molecule has 10 heteroatoms. The molecule has 0 aliphatic carbocycles. The number of likely N-dealkylation sites (tertiary alicyclic amines) is 1. The largest absolute Gasteiger partial charge is 0.394 e. The zero-order valence-electron chi connectivity index (χ0n) is 19.9. The highest BCUT2D eigenvalue weighted by Gasteiger charge is 2.21. The maximum Gasteiger partial charge on any atom is 0.269 e. The van der Waals surface area contributed by atoms with Gasteiger partial charge in [0.05, 0.1) is 31.4 Å². The Kier molecular flexibility index (Phi) is 8.29. The summed E-state index contributed by atoms with van der Waals surface area (Å²) in [6.07, 6.45) is 4.50. The van der Waals surface area contributed by atoms with Crippen LogP contribution in [0.5, 0.6) is 0 Å². The van der Waals surface area contributed by atoms with Crippen LogP contribution in [0.25, 0.3) is 11.1 Å². The number of nitrogens with zero attached hydrogens (tertiary/aromatic N) is 2. The molecule has 1 aliphatic rings. The minimum atomic E-state index is -3.37. The molecular formula is C27H24Cl3N3O3S. The van der Waals surface area contributed by atoms with Crippen molar-refractivity contribution < 1.29 is 13.2 Å². The summed E-state index contributed by atoms with van der Waals surface area (Å²) in [5, 5.41) is 0.975. The van der Waals surface area contributed by atoms with E-state index in [1.807, 2.05) is 0 Å². The second-order valence-electron chi connectivity index (χ2n) is 8.66. The standard InChI is InChI=1S/C27H24Cl3N3O3S/c1-37(35,36)19-7-4-6-17(14-19)18-10-11-20(23(30)15-18)25(32-26-21(28)8-5-9-22(26)29)16-24(31)27(34)33-12-2-3-13-33/h4-11,14-16H,2-3,12-13,31H2,1H3/b24-16-,32-25?. The van der Waals surface area contributed by atoms with E-state index in [0.29, 0.717) is 56.2 Å². The number of rotatable bonds is 6. The highest BCUT2D eigenvalue weighted by molar-refractivity contribution is 7.90. The highest BCUT2D eigenvalue weighted by atomic mass is 35.5. The van der Waals surface area contributed by atoms with E-state index in [9.17, 15) is 13.2 Å². The molecule has 1 aliphatic heterocycles. The molecule has 3 aromatic carbocycles. The predicted octanol–water partition coefficient (Wildman–Crippen LogP) is 6.30. The van der Waals surface area contributed by atoms with Gasteiger partial charge >= 0.3 is 0 Å². The smallest absolute Gasteiger partial charge is 0.269 e. The summed E-state index contributed by atoms with van der Waals surface area (Å²) in [4.78, 5) is 19.4. The summed E-state index contributed by atoms with van der Waals surface area (Å²) in [5.74, 6) is -0.277. The van der Waals surface area contributed by atoms with Gasteiger partial charge in [-0.2, -0.15) is 0 Å². The molecule has 0 unspecified atom stereocenters. The van der Waals surface area contributed by atoms with Gasteiger partial charge in [0.2, 0.25) is 0 Å². The number of para-hydroxylation sites is 1. The summed E-state index contributed by atoms with van der Waals surface area (Å²) in [7, 11) is -3.37. The van der Waals surface area contributed by atoms with E-state index in [2.05, 4.69) is 4.99 Å². The number of allylic oxidation sites excluding steroid dienone is 1. The molecular weight excluding hydrogens is 553 g/mol. The summed E-state index contributed by atoms with van der Waals surface area (Å²) in [5.41, 5.74) is 8.75. The molecule has 1 amide bonds. The predicted molar refractivity (Wildman–Crippen MR) is 151 cm³/mol. The van der Waals surface area contributed by atoms with Crippen molar-refractivity contribution in [3.05, 3.63) is 93.1 Å². The van der Waals surface area contributed by atoms with Gasteiger partial charge in [-0.15, -0.1) is 0 Å². The number of hydrogen-bond donors (Lipinski definition) is 1. The number of nitrogens with two attached hydrogens (primary N) is 1. The van der Waals surface area contributed by atoms with Crippen LogP contribution in [0.4, 0.5) is 5.69 Å². The normalized spacial score (nSPS) is 14.8. The van der Waals surface area contributed by atoms with Crippen molar-refractivity contribution in [1.29, 1.82) is 0 Å². The van der Waals surface area contributed by atoms with Gasteiger partial charge in [0.15, 0.2) is 9.84 Å². The van der Waals surface area contributed by atoms with Crippen LogP contribution in [-0.4, -0.2) is 44.3 Å². The first-order valence-electron chi connectivity index (χ1n) is 11.4. The molecule has 0 spiro atoms. The fourth-order valence-corrected chi connectivity index (χ4v) is 5.43. The van der Waals surface area contributed by atoms with E-state index in [1.54, 1.807) is 59.5 Å². The van der Waals surface area contributed by atoms with E-state index >= 15 is 0 Å². The summed E-state index contributed by atoms with van der Waals surface area (Å²) >= 11 is 19.4. The topological polar surface area (TPSA) is 92.8 Å². The van der Waals surface area contributed by atoms with Crippen LogP contribution in [0.2, 0.25) is 15.1 Å². The molecule has 192 valence electrons. The average Bonchev–Trinajstić information content (AvgIpc) is 3.40. The Morgan fingerprint density at radius 1 is 0.919 bits per heavy atom. The monoisotopic (exact) mass is 575 g/mol. The molecule has 1 heterocycles. The van der Waals surface area contributed by atoms with Crippen molar-refractivity contribution >= 4 is 61.9 Å². The first-order chi connectivity index (χ1) is 17.5. The van der Waals surface area contributed by atoms with Gasteiger partial charge in [-0.25, -0.2) is 13.4 Å². The lowest BCUT2D eigenvalue weighted by atomic mass is 10.0. The van der Waals surface area contributed by atoms with Crippen LogP contribution in [0, 0.1) is 0 Å². The number of aliphatic imine (C=N–C) groups is 1. The minimum Gasteiger partial charge on any atom is -0.394 e. The van der Waals surface area contributed by atoms with Gasteiger partial charge in [0.25, 0.3) is 5.91 Å². The highest BCUT2D eigenvalue weighted by Crippen LogP contribution is 2.35. The molecule has 0 aromatic heterocycles. The third kappa shape index (κ3) is 6.36. The van der Waals surface area contributed by atoms with Gasteiger partial charge in [-0.05, 0) is 60.4 Å². The number of carbonyl (C=O) groups is 1. The first kappa shape index (κ1) is 27.2. The summed E-state index contributed by atoms with van der Waals surface area (Å²) in [6, 6.07) is 16.8. The average molecular weight is 577 g/mol. The lowest BCUT2D eigenvalue weighted by Gasteiger charge is -2.16. The fourth-order valence-electron chi connectivity index (χ4n) is 4.01. The maximum absolute atomic E-state index is 12.9. The molecule has 0 atom stereocenters. The van der Waals surface area contributed by atoms with E-state index < -0.39 is 9.84 Å². The van der Waals surface area contributed by atoms with Gasteiger partial charge < -0.3 is 10.6 Å². The molecule has 2 N–H and O–H groups in total. The van der Waals surface area contributed by atoms with Crippen LogP contribution < -0.4 is 5.73 Å². The van der Waals surface area contributed by atoms with E-state index in [1.165, 1.54) is 12.1 Å². The Morgan fingerprint density at radius 2 is 1.54 bits per heavy atom. The first-order valence-corrected chi connectivity index (χ1v) is 14.5. The zero-order chi connectivity index (χ0) is 26.7. The Hall–Kier alpha value is -2.84. The van der Waals surface area contributed by atoms with Crippen molar-refractivity contribution in [3.8, 4) is 11.1 Å². The number of halogens is 3.